The summed E-state index contributed by atoms with van der Waals surface area (Å²) in [7, 11) is 1.55. The number of aromatic nitrogens is 2. The molecule has 0 bridgehead atoms. The van der Waals surface area contributed by atoms with Crippen LogP contribution in [0, 0.1) is 0 Å². The van der Waals surface area contributed by atoms with E-state index in [0.29, 0.717) is 23.5 Å². The van der Waals surface area contributed by atoms with Gasteiger partial charge in [-0.15, -0.1) is 0 Å². The standard InChI is InChI=1S/C15H22ClN5O2/c1-23-15-18-10-12(16)14(19-15)21-8-6-20(7-9-21)11-2-3-13(22)17-5-4-11/h10-11H,2-9H2,1H3,(H,17,22). The second-order valence-electron chi connectivity index (χ2n) is 5.88. The number of piperazine rings is 1. The van der Waals surface area contributed by atoms with Crippen LogP contribution in [-0.4, -0.2) is 66.7 Å². The van der Waals surface area contributed by atoms with Crippen molar-refractivity contribution in [2.24, 2.45) is 0 Å². The fraction of sp³-hybridized carbons (Fsp3) is 0.667. The monoisotopic (exact) mass is 339 g/mol. The van der Waals surface area contributed by atoms with Crippen LogP contribution in [0.3, 0.4) is 0 Å². The lowest BCUT2D eigenvalue weighted by Gasteiger charge is -2.39. The minimum atomic E-state index is 0.172. The Morgan fingerprint density at radius 1 is 1.30 bits per heavy atom. The molecule has 3 heterocycles. The molecule has 2 fully saturated rings. The van der Waals surface area contributed by atoms with Crippen LogP contribution >= 0.6 is 11.6 Å². The van der Waals surface area contributed by atoms with Gasteiger partial charge in [-0.05, 0) is 12.8 Å². The van der Waals surface area contributed by atoms with Crippen LogP contribution in [0.2, 0.25) is 5.02 Å². The number of nitrogens with zero attached hydrogens (tertiary/aromatic N) is 4. The first-order valence-electron chi connectivity index (χ1n) is 7.99. The Labute approximate surface area is 141 Å². The smallest absolute Gasteiger partial charge is 0.318 e. The van der Waals surface area contributed by atoms with E-state index in [1.165, 1.54) is 0 Å². The zero-order chi connectivity index (χ0) is 16.2. The molecule has 1 amide bonds. The molecule has 0 radical (unpaired) electrons. The van der Waals surface area contributed by atoms with E-state index in [1.807, 2.05) is 0 Å². The van der Waals surface area contributed by atoms with Crippen LogP contribution < -0.4 is 15.0 Å². The molecule has 0 spiro atoms. The lowest BCUT2D eigenvalue weighted by Crippen LogP contribution is -2.50. The highest BCUT2D eigenvalue weighted by atomic mass is 35.5. The maximum absolute atomic E-state index is 11.5. The summed E-state index contributed by atoms with van der Waals surface area (Å²) in [5.74, 6) is 0.905. The molecule has 2 saturated heterocycles. The minimum absolute atomic E-state index is 0.172. The van der Waals surface area contributed by atoms with Gasteiger partial charge in [-0.3, -0.25) is 9.69 Å². The number of anilines is 1. The Morgan fingerprint density at radius 2 is 2.09 bits per heavy atom. The molecule has 126 valence electrons. The molecular formula is C15H22ClN5O2. The maximum atomic E-state index is 11.5. The summed E-state index contributed by atoms with van der Waals surface area (Å²) in [6.45, 7) is 4.39. The Bertz CT molecular complexity index is 563. The average Bonchev–Trinajstić information content (AvgIpc) is 2.80. The van der Waals surface area contributed by atoms with Crippen LogP contribution in [0.1, 0.15) is 19.3 Å². The van der Waals surface area contributed by atoms with E-state index in [9.17, 15) is 4.79 Å². The molecule has 0 saturated carbocycles. The van der Waals surface area contributed by atoms with Crippen LogP contribution in [0.5, 0.6) is 6.01 Å². The highest BCUT2D eigenvalue weighted by Gasteiger charge is 2.27. The van der Waals surface area contributed by atoms with Crippen LogP contribution in [0.15, 0.2) is 6.20 Å². The quantitative estimate of drug-likeness (QED) is 0.883. The van der Waals surface area contributed by atoms with Crippen molar-refractivity contribution < 1.29 is 9.53 Å². The van der Waals surface area contributed by atoms with Gasteiger partial charge in [-0.1, -0.05) is 11.6 Å². The summed E-state index contributed by atoms with van der Waals surface area (Å²) >= 11 is 6.23. The second-order valence-corrected chi connectivity index (χ2v) is 6.29. The number of hydrogen-bond acceptors (Lipinski definition) is 6. The molecule has 1 aromatic rings. The van der Waals surface area contributed by atoms with Crippen molar-refractivity contribution in [2.45, 2.75) is 25.3 Å². The van der Waals surface area contributed by atoms with E-state index < -0.39 is 0 Å². The third kappa shape index (κ3) is 3.84. The molecule has 1 N–H and O–H groups in total. The zero-order valence-electron chi connectivity index (χ0n) is 13.3. The summed E-state index contributed by atoms with van der Waals surface area (Å²) in [6.07, 6.45) is 4.17. The van der Waals surface area contributed by atoms with Crippen molar-refractivity contribution in [2.75, 3.05) is 44.7 Å². The molecule has 0 aliphatic carbocycles. The molecule has 23 heavy (non-hydrogen) atoms. The van der Waals surface area contributed by atoms with Gasteiger partial charge in [0.05, 0.1) is 13.3 Å². The van der Waals surface area contributed by atoms with Gasteiger partial charge in [0.25, 0.3) is 0 Å². The van der Waals surface area contributed by atoms with Gasteiger partial charge in [-0.2, -0.15) is 4.98 Å². The molecule has 0 aromatic carbocycles. The first-order valence-corrected chi connectivity index (χ1v) is 8.37. The number of rotatable bonds is 3. The van der Waals surface area contributed by atoms with E-state index in [1.54, 1.807) is 13.3 Å². The predicted molar refractivity (Wildman–Crippen MR) is 88.0 cm³/mol. The van der Waals surface area contributed by atoms with Gasteiger partial charge in [0.2, 0.25) is 5.91 Å². The Kier molecular flexibility index (Phi) is 5.17. The number of carbonyl (C=O) groups is 1. The fourth-order valence-corrected chi connectivity index (χ4v) is 3.45. The lowest BCUT2D eigenvalue weighted by atomic mass is 10.1. The maximum Gasteiger partial charge on any atom is 0.318 e. The number of hydrogen-bond donors (Lipinski definition) is 1. The van der Waals surface area contributed by atoms with E-state index in [-0.39, 0.29) is 5.91 Å². The minimum Gasteiger partial charge on any atom is -0.467 e. The molecular weight excluding hydrogens is 318 g/mol. The number of amides is 1. The SMILES string of the molecule is COc1ncc(Cl)c(N2CCN(C3CCNC(=O)CC3)CC2)n1. The molecule has 3 rings (SSSR count). The predicted octanol–water partition coefficient (Wildman–Crippen LogP) is 0.929. The summed E-state index contributed by atoms with van der Waals surface area (Å²) in [4.78, 5) is 24.5. The number of nitrogens with one attached hydrogen (secondary N) is 1. The van der Waals surface area contributed by atoms with E-state index in [0.717, 1.165) is 51.4 Å². The van der Waals surface area contributed by atoms with Gasteiger partial charge >= 0.3 is 6.01 Å². The molecule has 7 nitrogen and oxygen atoms in total. The fourth-order valence-electron chi connectivity index (χ4n) is 3.24. The molecule has 2 aliphatic rings. The van der Waals surface area contributed by atoms with Gasteiger partial charge in [0, 0.05) is 45.2 Å². The second kappa shape index (κ2) is 7.31. The highest BCUT2D eigenvalue weighted by Crippen LogP contribution is 2.26. The summed E-state index contributed by atoms with van der Waals surface area (Å²) < 4.78 is 5.08. The highest BCUT2D eigenvalue weighted by molar-refractivity contribution is 6.32. The summed E-state index contributed by atoms with van der Waals surface area (Å²) in [6, 6.07) is 0.812. The Morgan fingerprint density at radius 3 is 2.83 bits per heavy atom. The summed E-state index contributed by atoms with van der Waals surface area (Å²) in [5.41, 5.74) is 0. The molecule has 2 aliphatic heterocycles. The largest absolute Gasteiger partial charge is 0.467 e. The van der Waals surface area contributed by atoms with Crippen LogP contribution in [-0.2, 0) is 4.79 Å². The van der Waals surface area contributed by atoms with Gasteiger partial charge in [-0.25, -0.2) is 4.98 Å². The number of halogens is 1. The lowest BCUT2D eigenvalue weighted by molar-refractivity contribution is -0.120. The first-order chi connectivity index (χ1) is 11.2. The van der Waals surface area contributed by atoms with Crippen molar-refractivity contribution in [1.29, 1.82) is 0 Å². The van der Waals surface area contributed by atoms with Gasteiger partial charge in [0.1, 0.15) is 5.02 Å². The van der Waals surface area contributed by atoms with Crippen LogP contribution in [0.25, 0.3) is 0 Å². The van der Waals surface area contributed by atoms with E-state index >= 15 is 0 Å². The third-order valence-corrected chi connectivity index (χ3v) is 4.79. The van der Waals surface area contributed by atoms with E-state index in [4.69, 9.17) is 16.3 Å². The zero-order valence-corrected chi connectivity index (χ0v) is 14.1. The van der Waals surface area contributed by atoms with Crippen LogP contribution in [0.4, 0.5) is 5.82 Å². The number of ether oxygens (including phenoxy) is 1. The number of methoxy groups -OCH3 is 1. The number of carbonyl (C=O) groups excluding carboxylic acids is 1. The van der Waals surface area contributed by atoms with Crippen molar-refractivity contribution in [1.82, 2.24) is 20.2 Å². The normalized spacial score (nSPS) is 23.3. The summed E-state index contributed by atoms with van der Waals surface area (Å²) in [5, 5.41) is 3.49. The van der Waals surface area contributed by atoms with E-state index in [2.05, 4.69) is 25.1 Å². The topological polar surface area (TPSA) is 70.6 Å². The van der Waals surface area contributed by atoms with Crippen molar-refractivity contribution in [3.8, 4) is 6.01 Å². The molecule has 1 unspecified atom stereocenters. The van der Waals surface area contributed by atoms with Crippen molar-refractivity contribution in [3.05, 3.63) is 11.2 Å². The molecule has 1 atom stereocenters. The Hall–Kier alpha value is -1.60. The Balaban J connectivity index is 1.61. The van der Waals surface area contributed by atoms with Crippen molar-refractivity contribution >= 4 is 23.3 Å². The van der Waals surface area contributed by atoms with Gasteiger partial charge in [0.15, 0.2) is 5.82 Å². The first kappa shape index (κ1) is 16.3. The molecule has 8 heteroatoms. The third-order valence-electron chi connectivity index (χ3n) is 4.52. The average molecular weight is 340 g/mol. The van der Waals surface area contributed by atoms with Crippen molar-refractivity contribution in [3.63, 3.8) is 0 Å². The molecule has 1 aromatic heterocycles. The van der Waals surface area contributed by atoms with Gasteiger partial charge < -0.3 is 15.0 Å².